The van der Waals surface area contributed by atoms with Crippen molar-refractivity contribution in [2.24, 2.45) is 0 Å². The average Bonchev–Trinajstić information content (AvgIpc) is 2.75. The predicted molar refractivity (Wildman–Crippen MR) is 72.3 cm³/mol. The molecule has 102 valence electrons. The fourth-order valence-corrected chi connectivity index (χ4v) is 2.93. The molecule has 1 atom stereocenters. The minimum Gasteiger partial charge on any atom is -0.480 e. The molecule has 2 rings (SSSR count). The molecule has 1 aliphatic rings. The van der Waals surface area contributed by atoms with E-state index in [1.54, 1.807) is 0 Å². The maximum Gasteiger partial charge on any atom is 0.326 e. The summed E-state index contributed by atoms with van der Waals surface area (Å²) >= 11 is 0. The Morgan fingerprint density at radius 1 is 1.21 bits per heavy atom. The van der Waals surface area contributed by atoms with Gasteiger partial charge in [-0.1, -0.05) is 17.7 Å². The SMILES string of the molecule is Cc1cc(C)c(C(=O)N2CCCC2C(=O)O)c(C)c1. The number of aryl methyl sites for hydroxylation is 3. The first kappa shape index (κ1) is 13.6. The first-order valence-corrected chi connectivity index (χ1v) is 6.53. The van der Waals surface area contributed by atoms with Gasteiger partial charge in [0.1, 0.15) is 6.04 Å². The highest BCUT2D eigenvalue weighted by Crippen LogP contribution is 2.24. The number of hydrogen-bond donors (Lipinski definition) is 1. The number of carbonyl (C=O) groups excluding carboxylic acids is 1. The molecule has 1 N–H and O–H groups in total. The number of likely N-dealkylation sites (tertiary alicyclic amines) is 1. The highest BCUT2D eigenvalue weighted by Gasteiger charge is 2.35. The Balaban J connectivity index is 2.37. The van der Waals surface area contributed by atoms with Gasteiger partial charge in [-0.25, -0.2) is 4.79 Å². The highest BCUT2D eigenvalue weighted by molar-refractivity contribution is 5.99. The molecular formula is C15H19NO3. The Morgan fingerprint density at radius 3 is 2.32 bits per heavy atom. The van der Waals surface area contributed by atoms with E-state index in [-0.39, 0.29) is 5.91 Å². The van der Waals surface area contributed by atoms with Crippen LogP contribution in [0.1, 0.15) is 39.9 Å². The van der Waals surface area contributed by atoms with Crippen LogP contribution in [0.2, 0.25) is 0 Å². The molecule has 4 nitrogen and oxygen atoms in total. The van der Waals surface area contributed by atoms with E-state index in [9.17, 15) is 9.59 Å². The smallest absolute Gasteiger partial charge is 0.326 e. The number of benzene rings is 1. The van der Waals surface area contributed by atoms with Crippen molar-refractivity contribution in [3.8, 4) is 0 Å². The van der Waals surface area contributed by atoms with Gasteiger partial charge in [-0.2, -0.15) is 0 Å². The van der Waals surface area contributed by atoms with Crippen molar-refractivity contribution in [3.05, 3.63) is 34.4 Å². The molecule has 1 amide bonds. The fraction of sp³-hybridized carbons (Fsp3) is 0.467. The van der Waals surface area contributed by atoms with E-state index < -0.39 is 12.0 Å². The summed E-state index contributed by atoms with van der Waals surface area (Å²) < 4.78 is 0. The van der Waals surface area contributed by atoms with Crippen LogP contribution in [0.25, 0.3) is 0 Å². The minimum absolute atomic E-state index is 0.153. The minimum atomic E-state index is -0.909. The van der Waals surface area contributed by atoms with Crippen molar-refractivity contribution in [3.63, 3.8) is 0 Å². The molecule has 0 bridgehead atoms. The molecule has 1 heterocycles. The van der Waals surface area contributed by atoms with Crippen molar-refractivity contribution in [1.29, 1.82) is 0 Å². The molecule has 1 aromatic rings. The number of amides is 1. The summed E-state index contributed by atoms with van der Waals surface area (Å²) in [5, 5.41) is 9.17. The number of aliphatic carboxylic acids is 1. The number of carboxylic acid groups (broad SMARTS) is 1. The Morgan fingerprint density at radius 2 is 1.79 bits per heavy atom. The topological polar surface area (TPSA) is 57.6 Å². The zero-order valence-corrected chi connectivity index (χ0v) is 11.6. The van der Waals surface area contributed by atoms with E-state index in [4.69, 9.17) is 5.11 Å². The Labute approximate surface area is 113 Å². The largest absolute Gasteiger partial charge is 0.480 e. The molecule has 1 unspecified atom stereocenters. The lowest BCUT2D eigenvalue weighted by Crippen LogP contribution is -2.41. The summed E-state index contributed by atoms with van der Waals surface area (Å²) in [7, 11) is 0. The molecule has 1 aliphatic heterocycles. The van der Waals surface area contributed by atoms with Gasteiger partial charge >= 0.3 is 5.97 Å². The van der Waals surface area contributed by atoms with Crippen LogP contribution in [-0.4, -0.2) is 34.5 Å². The molecule has 0 radical (unpaired) electrons. The van der Waals surface area contributed by atoms with Crippen LogP contribution in [0, 0.1) is 20.8 Å². The van der Waals surface area contributed by atoms with Crippen LogP contribution in [0.15, 0.2) is 12.1 Å². The van der Waals surface area contributed by atoms with E-state index in [2.05, 4.69) is 0 Å². The van der Waals surface area contributed by atoms with Gasteiger partial charge in [-0.3, -0.25) is 4.79 Å². The summed E-state index contributed by atoms with van der Waals surface area (Å²) in [4.78, 5) is 25.2. The standard InChI is InChI=1S/C15H19NO3/c1-9-7-10(2)13(11(3)8-9)14(17)16-6-4-5-12(16)15(18)19/h7-8,12H,4-6H2,1-3H3,(H,18,19). The predicted octanol–water partition coefficient (Wildman–Crippen LogP) is 2.30. The molecule has 1 fully saturated rings. The molecule has 0 aromatic heterocycles. The zero-order chi connectivity index (χ0) is 14.2. The molecule has 1 saturated heterocycles. The maximum absolute atomic E-state index is 12.6. The second kappa shape index (κ2) is 5.03. The third kappa shape index (κ3) is 2.48. The van der Waals surface area contributed by atoms with Crippen LogP contribution < -0.4 is 0 Å². The molecular weight excluding hydrogens is 242 g/mol. The van der Waals surface area contributed by atoms with Crippen LogP contribution >= 0.6 is 0 Å². The van der Waals surface area contributed by atoms with E-state index in [0.717, 1.165) is 23.1 Å². The molecule has 0 aliphatic carbocycles. The van der Waals surface area contributed by atoms with Gasteiger partial charge in [-0.15, -0.1) is 0 Å². The van der Waals surface area contributed by atoms with E-state index in [1.165, 1.54) is 4.90 Å². The second-order valence-electron chi connectivity index (χ2n) is 5.27. The highest BCUT2D eigenvalue weighted by atomic mass is 16.4. The summed E-state index contributed by atoms with van der Waals surface area (Å²) in [5.41, 5.74) is 3.60. The Hall–Kier alpha value is -1.84. The number of carboxylic acids is 1. The molecule has 19 heavy (non-hydrogen) atoms. The van der Waals surface area contributed by atoms with Gasteiger partial charge in [0.2, 0.25) is 0 Å². The molecule has 4 heteroatoms. The lowest BCUT2D eigenvalue weighted by molar-refractivity contribution is -0.141. The summed E-state index contributed by atoms with van der Waals surface area (Å²) in [6.45, 7) is 6.32. The number of nitrogens with zero attached hydrogens (tertiary/aromatic N) is 1. The van der Waals surface area contributed by atoms with Crippen molar-refractivity contribution >= 4 is 11.9 Å². The van der Waals surface area contributed by atoms with Gasteiger partial charge in [0.25, 0.3) is 5.91 Å². The van der Waals surface area contributed by atoms with Crippen molar-refractivity contribution in [2.45, 2.75) is 39.7 Å². The molecule has 1 aromatic carbocycles. The van der Waals surface area contributed by atoms with Crippen LogP contribution in [0.4, 0.5) is 0 Å². The number of rotatable bonds is 2. The van der Waals surface area contributed by atoms with Crippen molar-refractivity contribution < 1.29 is 14.7 Å². The van der Waals surface area contributed by atoms with Gasteiger partial charge in [0.15, 0.2) is 0 Å². The third-order valence-electron chi connectivity index (χ3n) is 3.69. The van der Waals surface area contributed by atoms with Crippen LogP contribution in [0.3, 0.4) is 0 Å². The van der Waals surface area contributed by atoms with Gasteiger partial charge in [0, 0.05) is 12.1 Å². The lowest BCUT2D eigenvalue weighted by atomic mass is 9.98. The maximum atomic E-state index is 12.6. The lowest BCUT2D eigenvalue weighted by Gasteiger charge is -2.23. The zero-order valence-electron chi connectivity index (χ0n) is 11.6. The first-order chi connectivity index (χ1) is 8.91. The molecule has 0 spiro atoms. The third-order valence-corrected chi connectivity index (χ3v) is 3.69. The normalized spacial score (nSPS) is 18.7. The van der Waals surface area contributed by atoms with Crippen LogP contribution in [-0.2, 0) is 4.79 Å². The van der Waals surface area contributed by atoms with Gasteiger partial charge in [0.05, 0.1) is 0 Å². The van der Waals surface area contributed by atoms with E-state index >= 15 is 0 Å². The summed E-state index contributed by atoms with van der Waals surface area (Å²) in [6.07, 6.45) is 1.30. The number of carbonyl (C=O) groups is 2. The van der Waals surface area contributed by atoms with Crippen molar-refractivity contribution in [1.82, 2.24) is 4.90 Å². The van der Waals surface area contributed by atoms with Crippen LogP contribution in [0.5, 0.6) is 0 Å². The van der Waals surface area contributed by atoms with E-state index in [1.807, 2.05) is 32.9 Å². The monoisotopic (exact) mass is 261 g/mol. The summed E-state index contributed by atoms with van der Waals surface area (Å²) in [5.74, 6) is -1.06. The second-order valence-corrected chi connectivity index (χ2v) is 5.27. The fourth-order valence-electron chi connectivity index (χ4n) is 2.93. The Kier molecular flexibility index (Phi) is 3.60. The van der Waals surface area contributed by atoms with Gasteiger partial charge in [-0.05, 0) is 44.7 Å². The van der Waals surface area contributed by atoms with Gasteiger partial charge < -0.3 is 10.0 Å². The average molecular weight is 261 g/mol. The summed E-state index contributed by atoms with van der Waals surface area (Å²) in [6, 6.07) is 3.26. The number of hydrogen-bond acceptors (Lipinski definition) is 2. The van der Waals surface area contributed by atoms with Crippen molar-refractivity contribution in [2.75, 3.05) is 6.54 Å². The first-order valence-electron chi connectivity index (χ1n) is 6.53. The quantitative estimate of drug-likeness (QED) is 0.888. The Bertz CT molecular complexity index is 513. The molecule has 0 saturated carbocycles. The van der Waals surface area contributed by atoms with E-state index in [0.29, 0.717) is 18.5 Å².